The molecule has 0 bridgehead atoms. The van der Waals surface area contributed by atoms with Crippen LogP contribution in [0.25, 0.3) is 0 Å². The van der Waals surface area contributed by atoms with Crippen LogP contribution in [0, 0.1) is 0 Å². The van der Waals surface area contributed by atoms with Crippen LogP contribution in [0.2, 0.25) is 0 Å². The molecule has 76 valence electrons. The maximum absolute atomic E-state index is 11.5. The molecule has 4 heteroatoms. The van der Waals surface area contributed by atoms with Gasteiger partial charge in [-0.1, -0.05) is 6.92 Å². The summed E-state index contributed by atoms with van der Waals surface area (Å²) < 4.78 is 6.52. The molecule has 1 aliphatic rings. The smallest absolute Gasteiger partial charge is 0.333 e. The summed E-state index contributed by atoms with van der Waals surface area (Å²) >= 11 is 0. The first-order chi connectivity index (χ1) is 6.73. The zero-order valence-electron chi connectivity index (χ0n) is 8.49. The maximum atomic E-state index is 11.5. The fourth-order valence-electron chi connectivity index (χ4n) is 1.61. The van der Waals surface area contributed by atoms with Crippen LogP contribution in [0.4, 0.5) is 0 Å². The molecule has 0 saturated heterocycles. The van der Waals surface area contributed by atoms with Gasteiger partial charge in [-0.15, -0.1) is 0 Å². The van der Waals surface area contributed by atoms with Gasteiger partial charge < -0.3 is 4.74 Å². The van der Waals surface area contributed by atoms with Crippen LogP contribution < -0.4 is 0 Å². The molecular weight excluding hydrogens is 180 g/mol. The van der Waals surface area contributed by atoms with E-state index < -0.39 is 5.54 Å². The Morgan fingerprint density at radius 2 is 2.43 bits per heavy atom. The normalized spacial score (nSPS) is 17.9. The van der Waals surface area contributed by atoms with Gasteiger partial charge in [0, 0.05) is 6.20 Å². The van der Waals surface area contributed by atoms with Crippen LogP contribution in [0.15, 0.2) is 12.4 Å². The lowest BCUT2D eigenvalue weighted by Crippen LogP contribution is -2.29. The Bertz CT molecular complexity index is 353. The molecule has 1 heterocycles. The summed E-state index contributed by atoms with van der Waals surface area (Å²) in [5, 5.41) is 4.21. The van der Waals surface area contributed by atoms with Crippen molar-refractivity contribution in [3.63, 3.8) is 0 Å². The molecule has 0 unspecified atom stereocenters. The molecule has 14 heavy (non-hydrogen) atoms. The lowest BCUT2D eigenvalue weighted by molar-refractivity contribution is -0.146. The second-order valence-corrected chi connectivity index (χ2v) is 3.67. The van der Waals surface area contributed by atoms with Crippen LogP contribution in [0.5, 0.6) is 0 Å². The molecule has 1 aromatic rings. The monoisotopic (exact) mass is 194 g/mol. The summed E-state index contributed by atoms with van der Waals surface area (Å²) in [4.78, 5) is 11.5. The first kappa shape index (κ1) is 9.24. The van der Waals surface area contributed by atoms with Crippen molar-refractivity contribution in [3.05, 3.63) is 18.0 Å². The predicted octanol–water partition coefficient (Wildman–Crippen LogP) is 1.11. The third kappa shape index (κ3) is 1.22. The number of aryl methyl sites for hydroxylation is 1. The fourth-order valence-corrected chi connectivity index (χ4v) is 1.61. The standard InChI is InChI=1S/C10H14N2O2/c1-3-8-6-11-12(7-8)10(4-5-10)9(13)14-2/h6-7H,3-5H2,1-2H3. The maximum Gasteiger partial charge on any atom is 0.333 e. The van der Waals surface area contributed by atoms with E-state index in [1.807, 2.05) is 12.4 Å². The first-order valence-electron chi connectivity index (χ1n) is 4.85. The summed E-state index contributed by atoms with van der Waals surface area (Å²) in [6.45, 7) is 2.07. The van der Waals surface area contributed by atoms with Crippen molar-refractivity contribution in [3.8, 4) is 0 Å². The fraction of sp³-hybridized carbons (Fsp3) is 0.600. The van der Waals surface area contributed by atoms with Crippen molar-refractivity contribution in [2.75, 3.05) is 7.11 Å². The van der Waals surface area contributed by atoms with Gasteiger partial charge in [-0.25, -0.2) is 4.79 Å². The van der Waals surface area contributed by atoms with Gasteiger partial charge in [0.05, 0.1) is 13.3 Å². The summed E-state index contributed by atoms with van der Waals surface area (Å²) in [6, 6.07) is 0. The lowest BCUT2D eigenvalue weighted by Gasteiger charge is -2.12. The van der Waals surface area contributed by atoms with Gasteiger partial charge in [0.1, 0.15) is 0 Å². The number of hydrogen-bond acceptors (Lipinski definition) is 3. The van der Waals surface area contributed by atoms with Gasteiger partial charge in [0.15, 0.2) is 5.54 Å². The molecule has 0 N–H and O–H groups in total. The van der Waals surface area contributed by atoms with E-state index in [4.69, 9.17) is 4.74 Å². The van der Waals surface area contributed by atoms with Crippen molar-refractivity contribution in [2.45, 2.75) is 31.7 Å². The Labute approximate surface area is 82.9 Å². The number of carbonyl (C=O) groups is 1. The summed E-state index contributed by atoms with van der Waals surface area (Å²) in [5.74, 6) is -0.178. The van der Waals surface area contributed by atoms with Crippen molar-refractivity contribution in [2.24, 2.45) is 0 Å². The van der Waals surface area contributed by atoms with Gasteiger partial charge in [0.25, 0.3) is 0 Å². The Morgan fingerprint density at radius 3 is 2.86 bits per heavy atom. The second kappa shape index (κ2) is 3.12. The molecule has 1 aliphatic carbocycles. The number of aromatic nitrogens is 2. The second-order valence-electron chi connectivity index (χ2n) is 3.67. The minimum Gasteiger partial charge on any atom is -0.467 e. The van der Waals surface area contributed by atoms with E-state index in [0.717, 1.165) is 24.8 Å². The van der Waals surface area contributed by atoms with Crippen molar-refractivity contribution in [1.29, 1.82) is 0 Å². The molecule has 1 aromatic heterocycles. The third-order valence-electron chi connectivity index (χ3n) is 2.77. The van der Waals surface area contributed by atoms with Crippen molar-refractivity contribution in [1.82, 2.24) is 9.78 Å². The van der Waals surface area contributed by atoms with Crippen molar-refractivity contribution < 1.29 is 9.53 Å². The van der Waals surface area contributed by atoms with Gasteiger partial charge >= 0.3 is 5.97 Å². The molecule has 0 aliphatic heterocycles. The number of rotatable bonds is 3. The first-order valence-corrected chi connectivity index (χ1v) is 4.85. The summed E-state index contributed by atoms with van der Waals surface area (Å²) in [6.07, 6.45) is 6.36. The molecule has 1 saturated carbocycles. The zero-order valence-corrected chi connectivity index (χ0v) is 8.49. The van der Waals surface area contributed by atoms with Crippen LogP contribution in [-0.4, -0.2) is 22.9 Å². The Hall–Kier alpha value is -1.32. The minimum absolute atomic E-state index is 0.178. The van der Waals surface area contributed by atoms with Gasteiger partial charge in [-0.3, -0.25) is 4.68 Å². The molecule has 0 amide bonds. The quantitative estimate of drug-likeness (QED) is 0.677. The SMILES string of the molecule is CCc1cnn(C2(C(=O)OC)CC2)c1. The predicted molar refractivity (Wildman–Crippen MR) is 50.8 cm³/mol. The van der Waals surface area contributed by atoms with E-state index >= 15 is 0 Å². The number of carbonyl (C=O) groups excluding carboxylic acids is 1. The molecular formula is C10H14N2O2. The Kier molecular flexibility index (Phi) is 2.06. The van der Waals surface area contributed by atoms with Gasteiger partial charge in [-0.2, -0.15) is 5.10 Å². The Balaban J connectivity index is 2.26. The Morgan fingerprint density at radius 1 is 1.71 bits per heavy atom. The van der Waals surface area contributed by atoms with Crippen LogP contribution in [0.3, 0.4) is 0 Å². The molecule has 1 fully saturated rings. The molecule has 0 atom stereocenters. The average molecular weight is 194 g/mol. The van der Waals surface area contributed by atoms with Crippen LogP contribution in [-0.2, 0) is 21.5 Å². The van der Waals surface area contributed by atoms with Crippen LogP contribution >= 0.6 is 0 Å². The summed E-state index contributed by atoms with van der Waals surface area (Å²) in [7, 11) is 1.42. The molecule has 2 rings (SSSR count). The van der Waals surface area contributed by atoms with E-state index in [0.29, 0.717) is 0 Å². The van der Waals surface area contributed by atoms with E-state index in [9.17, 15) is 4.79 Å². The topological polar surface area (TPSA) is 44.1 Å². The minimum atomic E-state index is -0.484. The molecule has 4 nitrogen and oxygen atoms in total. The lowest BCUT2D eigenvalue weighted by atomic mass is 10.2. The molecule has 0 spiro atoms. The van der Waals surface area contributed by atoms with Crippen LogP contribution in [0.1, 0.15) is 25.3 Å². The number of ether oxygens (including phenoxy) is 1. The van der Waals surface area contributed by atoms with Gasteiger partial charge in [0.2, 0.25) is 0 Å². The average Bonchev–Trinajstić information content (AvgIpc) is 2.89. The largest absolute Gasteiger partial charge is 0.467 e. The van der Waals surface area contributed by atoms with E-state index in [-0.39, 0.29) is 5.97 Å². The van der Waals surface area contributed by atoms with Crippen molar-refractivity contribution >= 4 is 5.97 Å². The van der Waals surface area contributed by atoms with E-state index in [1.54, 1.807) is 4.68 Å². The van der Waals surface area contributed by atoms with E-state index in [2.05, 4.69) is 12.0 Å². The summed E-state index contributed by atoms with van der Waals surface area (Å²) in [5.41, 5.74) is 0.669. The van der Waals surface area contributed by atoms with E-state index in [1.165, 1.54) is 7.11 Å². The molecule has 0 aromatic carbocycles. The number of nitrogens with zero attached hydrogens (tertiary/aromatic N) is 2. The van der Waals surface area contributed by atoms with Gasteiger partial charge in [-0.05, 0) is 24.8 Å². The zero-order chi connectivity index (χ0) is 10.2. The highest BCUT2D eigenvalue weighted by Crippen LogP contribution is 2.44. The highest BCUT2D eigenvalue weighted by molar-refractivity contribution is 5.81. The molecule has 0 radical (unpaired) electrons. The number of hydrogen-bond donors (Lipinski definition) is 0. The number of esters is 1. The third-order valence-corrected chi connectivity index (χ3v) is 2.77. The highest BCUT2D eigenvalue weighted by atomic mass is 16.5. The number of methoxy groups -OCH3 is 1. The highest BCUT2D eigenvalue weighted by Gasteiger charge is 2.53.